The highest BCUT2D eigenvalue weighted by atomic mass is 16.4. The number of aromatic amines is 1. The maximum atomic E-state index is 13.1. The molecule has 33 heavy (non-hydrogen) atoms. The van der Waals surface area contributed by atoms with Crippen LogP contribution in [0.5, 0.6) is 0 Å². The molecule has 9 N–H and O–H groups in total. The Morgan fingerprint density at radius 1 is 1.21 bits per heavy atom. The molecule has 1 saturated heterocycles. The molecule has 1 aromatic rings. The summed E-state index contributed by atoms with van der Waals surface area (Å²) in [5, 5.41) is 23.7. The molecule has 0 bridgehead atoms. The third kappa shape index (κ3) is 7.25. The second-order valence-corrected chi connectivity index (χ2v) is 7.73. The van der Waals surface area contributed by atoms with Gasteiger partial charge in [0, 0.05) is 31.3 Å². The SMILES string of the molecule is NC(=O)CCC(N)C(=O)NC(CO)C(=O)NC(Cc1cnc[nH]1)C(=O)N1CCCC1C(=O)O. The van der Waals surface area contributed by atoms with Crippen LogP contribution in [0.15, 0.2) is 12.5 Å². The molecular formula is C19H29N7O7. The predicted octanol–water partition coefficient (Wildman–Crippen LogP) is -3.42. The molecule has 4 unspecified atom stereocenters. The fraction of sp³-hybridized carbons (Fsp3) is 0.579. The van der Waals surface area contributed by atoms with Gasteiger partial charge in [0.25, 0.3) is 0 Å². The van der Waals surface area contributed by atoms with Crippen molar-refractivity contribution in [2.75, 3.05) is 13.2 Å². The third-order valence-corrected chi connectivity index (χ3v) is 5.27. The zero-order valence-electron chi connectivity index (χ0n) is 17.9. The van der Waals surface area contributed by atoms with E-state index < -0.39 is 60.4 Å². The molecule has 4 atom stereocenters. The van der Waals surface area contributed by atoms with Crippen LogP contribution in [0.25, 0.3) is 0 Å². The summed E-state index contributed by atoms with van der Waals surface area (Å²) in [6.07, 6.45) is 3.44. The van der Waals surface area contributed by atoms with Crippen LogP contribution in [0.2, 0.25) is 0 Å². The van der Waals surface area contributed by atoms with Gasteiger partial charge in [0.05, 0.1) is 19.0 Å². The van der Waals surface area contributed by atoms with Crippen molar-refractivity contribution >= 4 is 29.6 Å². The third-order valence-electron chi connectivity index (χ3n) is 5.27. The number of aliphatic carboxylic acids is 1. The molecule has 0 spiro atoms. The lowest BCUT2D eigenvalue weighted by molar-refractivity contribution is -0.149. The van der Waals surface area contributed by atoms with Gasteiger partial charge in [-0.25, -0.2) is 9.78 Å². The first kappa shape index (κ1) is 25.7. The molecule has 1 aromatic heterocycles. The van der Waals surface area contributed by atoms with Gasteiger partial charge in [0.1, 0.15) is 18.1 Å². The minimum absolute atomic E-state index is 0.0162. The van der Waals surface area contributed by atoms with Gasteiger partial charge in [-0.15, -0.1) is 0 Å². The van der Waals surface area contributed by atoms with Crippen molar-refractivity contribution in [1.29, 1.82) is 0 Å². The van der Waals surface area contributed by atoms with Gasteiger partial charge in [0.15, 0.2) is 0 Å². The van der Waals surface area contributed by atoms with Crippen molar-refractivity contribution < 1.29 is 34.2 Å². The number of likely N-dealkylation sites (tertiary alicyclic amines) is 1. The van der Waals surface area contributed by atoms with E-state index in [-0.39, 0.29) is 25.8 Å². The Morgan fingerprint density at radius 2 is 1.91 bits per heavy atom. The maximum Gasteiger partial charge on any atom is 0.326 e. The number of aliphatic hydroxyl groups excluding tert-OH is 1. The van der Waals surface area contributed by atoms with E-state index in [0.717, 1.165) is 0 Å². The van der Waals surface area contributed by atoms with Crippen LogP contribution < -0.4 is 22.1 Å². The van der Waals surface area contributed by atoms with Gasteiger partial charge in [-0.1, -0.05) is 0 Å². The van der Waals surface area contributed by atoms with Crippen molar-refractivity contribution in [3.8, 4) is 0 Å². The van der Waals surface area contributed by atoms with E-state index in [2.05, 4.69) is 20.6 Å². The molecule has 14 heteroatoms. The topological polar surface area (TPSA) is 234 Å². The summed E-state index contributed by atoms with van der Waals surface area (Å²) < 4.78 is 0. The van der Waals surface area contributed by atoms with Crippen molar-refractivity contribution in [3.63, 3.8) is 0 Å². The average molecular weight is 467 g/mol. The van der Waals surface area contributed by atoms with Crippen molar-refractivity contribution in [1.82, 2.24) is 25.5 Å². The number of carbonyl (C=O) groups excluding carboxylic acids is 4. The Kier molecular flexibility index (Phi) is 9.30. The van der Waals surface area contributed by atoms with E-state index in [1.165, 1.54) is 17.4 Å². The highest BCUT2D eigenvalue weighted by Crippen LogP contribution is 2.19. The summed E-state index contributed by atoms with van der Waals surface area (Å²) in [5.74, 6) is -4.04. The molecule has 4 amide bonds. The first-order valence-electron chi connectivity index (χ1n) is 10.4. The fourth-order valence-corrected chi connectivity index (χ4v) is 3.48. The summed E-state index contributed by atoms with van der Waals surface area (Å²) in [7, 11) is 0. The quantitative estimate of drug-likeness (QED) is 0.162. The van der Waals surface area contributed by atoms with E-state index in [9.17, 15) is 34.2 Å². The van der Waals surface area contributed by atoms with E-state index in [1.54, 1.807) is 0 Å². The summed E-state index contributed by atoms with van der Waals surface area (Å²) >= 11 is 0. The summed E-state index contributed by atoms with van der Waals surface area (Å²) in [4.78, 5) is 68.3. The number of nitrogens with one attached hydrogen (secondary N) is 3. The van der Waals surface area contributed by atoms with Crippen LogP contribution in [0.3, 0.4) is 0 Å². The molecule has 2 heterocycles. The minimum Gasteiger partial charge on any atom is -0.480 e. The Bertz CT molecular complexity index is 861. The molecule has 0 aromatic carbocycles. The first-order chi connectivity index (χ1) is 15.6. The number of primary amides is 1. The smallest absolute Gasteiger partial charge is 0.326 e. The summed E-state index contributed by atoms with van der Waals surface area (Å²) in [6, 6.07) is -4.74. The normalized spacial score (nSPS) is 18.2. The molecular weight excluding hydrogens is 438 g/mol. The monoisotopic (exact) mass is 467 g/mol. The second kappa shape index (κ2) is 11.9. The number of aromatic nitrogens is 2. The highest BCUT2D eigenvalue weighted by Gasteiger charge is 2.38. The number of hydrogen-bond acceptors (Lipinski definition) is 8. The molecule has 182 valence electrons. The molecule has 1 aliphatic heterocycles. The van der Waals surface area contributed by atoms with Crippen LogP contribution in [0.1, 0.15) is 31.4 Å². The number of imidazole rings is 1. The number of H-pyrrole nitrogens is 1. The number of carbonyl (C=O) groups is 5. The molecule has 0 saturated carbocycles. The van der Waals surface area contributed by atoms with Crippen LogP contribution in [0.4, 0.5) is 0 Å². The number of carboxylic acids is 1. The average Bonchev–Trinajstić information content (AvgIpc) is 3.46. The Balaban J connectivity index is 2.10. The fourth-order valence-electron chi connectivity index (χ4n) is 3.48. The summed E-state index contributed by atoms with van der Waals surface area (Å²) in [5.41, 5.74) is 11.2. The van der Waals surface area contributed by atoms with Crippen molar-refractivity contribution in [2.45, 2.75) is 56.3 Å². The molecule has 0 aliphatic carbocycles. The van der Waals surface area contributed by atoms with Crippen LogP contribution in [0, 0.1) is 0 Å². The van der Waals surface area contributed by atoms with Gasteiger partial charge in [-0.2, -0.15) is 0 Å². The lowest BCUT2D eigenvalue weighted by Crippen LogP contribution is -2.58. The van der Waals surface area contributed by atoms with Gasteiger partial charge in [-0.05, 0) is 19.3 Å². The summed E-state index contributed by atoms with van der Waals surface area (Å²) in [6.45, 7) is -0.563. The van der Waals surface area contributed by atoms with Crippen LogP contribution in [-0.2, 0) is 30.4 Å². The first-order valence-corrected chi connectivity index (χ1v) is 10.4. The maximum absolute atomic E-state index is 13.1. The van der Waals surface area contributed by atoms with E-state index in [4.69, 9.17) is 11.5 Å². The lowest BCUT2D eigenvalue weighted by atomic mass is 10.1. The number of hydrogen-bond donors (Lipinski definition) is 7. The molecule has 1 fully saturated rings. The van der Waals surface area contributed by atoms with E-state index in [0.29, 0.717) is 18.5 Å². The van der Waals surface area contributed by atoms with E-state index in [1.807, 2.05) is 0 Å². The molecule has 1 aliphatic rings. The molecule has 14 nitrogen and oxygen atoms in total. The highest BCUT2D eigenvalue weighted by molar-refractivity contribution is 5.94. The largest absolute Gasteiger partial charge is 0.480 e. The number of rotatable bonds is 12. The van der Waals surface area contributed by atoms with Crippen LogP contribution in [-0.4, -0.2) is 92.0 Å². The minimum atomic E-state index is -1.43. The Hall–Kier alpha value is -3.52. The zero-order chi connectivity index (χ0) is 24.5. The number of aliphatic hydroxyl groups is 1. The molecule has 0 radical (unpaired) electrons. The standard InChI is InChI=1S/C19H29N7O7/c20-11(3-4-15(21)28)16(29)25-13(8-27)17(30)24-12(6-10-7-22-9-23-10)18(31)26-5-1-2-14(26)19(32)33/h7,9,11-14,27H,1-6,8,20H2,(H2,21,28)(H,22,23)(H,24,30)(H,25,29)(H,32,33). The van der Waals surface area contributed by atoms with E-state index >= 15 is 0 Å². The second-order valence-electron chi connectivity index (χ2n) is 7.73. The lowest BCUT2D eigenvalue weighted by Gasteiger charge is -2.28. The number of nitrogens with two attached hydrogens (primary N) is 2. The van der Waals surface area contributed by atoms with Crippen molar-refractivity contribution in [3.05, 3.63) is 18.2 Å². The van der Waals surface area contributed by atoms with Gasteiger partial charge in [-0.3, -0.25) is 19.2 Å². The number of amides is 4. The number of nitrogens with zero attached hydrogens (tertiary/aromatic N) is 2. The predicted molar refractivity (Wildman–Crippen MR) is 112 cm³/mol. The van der Waals surface area contributed by atoms with Gasteiger partial charge < -0.3 is 42.2 Å². The number of carboxylic acid groups (broad SMARTS) is 1. The molecule has 2 rings (SSSR count). The van der Waals surface area contributed by atoms with Gasteiger partial charge in [0.2, 0.25) is 23.6 Å². The Labute approximate surface area is 189 Å². The van der Waals surface area contributed by atoms with Gasteiger partial charge >= 0.3 is 5.97 Å². The Morgan fingerprint density at radius 3 is 2.48 bits per heavy atom. The zero-order valence-corrected chi connectivity index (χ0v) is 17.9. The van der Waals surface area contributed by atoms with Crippen molar-refractivity contribution in [2.24, 2.45) is 11.5 Å². The van der Waals surface area contributed by atoms with Crippen LogP contribution >= 0.6 is 0 Å².